The van der Waals surface area contributed by atoms with Crippen molar-refractivity contribution in [1.82, 2.24) is 0 Å². The molecule has 0 unspecified atom stereocenters. The van der Waals surface area contributed by atoms with Crippen molar-refractivity contribution in [2.45, 2.75) is 18.9 Å². The molecule has 1 heterocycles. The maximum Gasteiger partial charge on any atom is 0.137 e. The lowest BCUT2D eigenvalue weighted by atomic mass is 9.87. The second kappa shape index (κ2) is 6.59. The summed E-state index contributed by atoms with van der Waals surface area (Å²) >= 11 is 3.47. The Balaban J connectivity index is 2.27. The molecule has 1 aromatic rings. The van der Waals surface area contributed by atoms with Gasteiger partial charge in [-0.25, -0.2) is 0 Å². The predicted molar refractivity (Wildman–Crippen MR) is 77.7 cm³/mol. The largest absolute Gasteiger partial charge is 0.495 e. The van der Waals surface area contributed by atoms with E-state index in [1.54, 1.807) is 14.2 Å². The second-order valence-corrected chi connectivity index (χ2v) is 5.51. The molecule has 0 saturated carbocycles. The van der Waals surface area contributed by atoms with Gasteiger partial charge in [-0.05, 0) is 52.4 Å². The monoisotopic (exact) mass is 329 g/mol. The molecule has 19 heavy (non-hydrogen) atoms. The molecule has 1 fully saturated rings. The molecule has 0 spiro atoms. The lowest BCUT2D eigenvalue weighted by molar-refractivity contribution is 0.0583. The van der Waals surface area contributed by atoms with E-state index in [0.29, 0.717) is 5.92 Å². The summed E-state index contributed by atoms with van der Waals surface area (Å²) in [4.78, 5) is 0. The van der Waals surface area contributed by atoms with Crippen molar-refractivity contribution in [2.24, 2.45) is 11.7 Å². The standard InChI is InChI=1S/C14H20BrNO3/c1-17-11-7-10(8-12(18-2)13(11)15)14(16)9-3-5-19-6-4-9/h7-9,14H,3-6,16H2,1-2H3/t14-/m1/s1. The molecule has 106 valence electrons. The van der Waals surface area contributed by atoms with E-state index in [4.69, 9.17) is 19.9 Å². The van der Waals surface area contributed by atoms with E-state index in [1.807, 2.05) is 12.1 Å². The summed E-state index contributed by atoms with van der Waals surface area (Å²) in [6.07, 6.45) is 2.00. The molecule has 0 amide bonds. The number of ether oxygens (including phenoxy) is 3. The minimum absolute atomic E-state index is 0.0141. The maximum atomic E-state index is 6.39. The van der Waals surface area contributed by atoms with E-state index in [2.05, 4.69) is 15.9 Å². The SMILES string of the molecule is COc1cc([C@H](N)C2CCOCC2)cc(OC)c1Br. The topological polar surface area (TPSA) is 53.7 Å². The Morgan fingerprint density at radius 2 is 1.74 bits per heavy atom. The Morgan fingerprint density at radius 3 is 2.21 bits per heavy atom. The quantitative estimate of drug-likeness (QED) is 0.922. The fourth-order valence-corrected chi connectivity index (χ4v) is 2.98. The third-order valence-electron chi connectivity index (χ3n) is 3.63. The summed E-state index contributed by atoms with van der Waals surface area (Å²) in [7, 11) is 3.28. The molecule has 0 bridgehead atoms. The highest BCUT2D eigenvalue weighted by atomic mass is 79.9. The number of methoxy groups -OCH3 is 2. The van der Waals surface area contributed by atoms with E-state index in [9.17, 15) is 0 Å². The summed E-state index contributed by atoms with van der Waals surface area (Å²) in [6.45, 7) is 1.59. The molecule has 2 rings (SSSR count). The Hall–Kier alpha value is -0.780. The highest BCUT2D eigenvalue weighted by Crippen LogP contribution is 2.39. The van der Waals surface area contributed by atoms with Crippen LogP contribution in [0.3, 0.4) is 0 Å². The fourth-order valence-electron chi connectivity index (χ4n) is 2.43. The molecule has 5 heteroatoms. The van der Waals surface area contributed by atoms with Crippen LogP contribution in [-0.2, 0) is 4.74 Å². The Labute approximate surface area is 122 Å². The van der Waals surface area contributed by atoms with Crippen LogP contribution in [0.4, 0.5) is 0 Å². The molecule has 1 aromatic carbocycles. The van der Waals surface area contributed by atoms with Gasteiger partial charge in [0, 0.05) is 19.3 Å². The average Bonchev–Trinajstić information content (AvgIpc) is 2.47. The van der Waals surface area contributed by atoms with Gasteiger partial charge in [0.05, 0.1) is 14.2 Å². The zero-order valence-corrected chi connectivity index (χ0v) is 12.9. The van der Waals surface area contributed by atoms with Crippen LogP contribution < -0.4 is 15.2 Å². The number of halogens is 1. The summed E-state index contributed by atoms with van der Waals surface area (Å²) in [5.41, 5.74) is 7.43. The minimum Gasteiger partial charge on any atom is -0.495 e. The Bertz CT molecular complexity index is 408. The third-order valence-corrected chi connectivity index (χ3v) is 4.41. The molecule has 1 atom stereocenters. The van der Waals surface area contributed by atoms with Crippen LogP contribution in [-0.4, -0.2) is 27.4 Å². The van der Waals surface area contributed by atoms with Crippen LogP contribution in [0, 0.1) is 5.92 Å². The highest BCUT2D eigenvalue weighted by Gasteiger charge is 2.24. The zero-order valence-electron chi connectivity index (χ0n) is 11.3. The van der Waals surface area contributed by atoms with Crippen LogP contribution in [0.1, 0.15) is 24.4 Å². The fraction of sp³-hybridized carbons (Fsp3) is 0.571. The molecular weight excluding hydrogens is 310 g/mol. The van der Waals surface area contributed by atoms with Gasteiger partial charge in [0.2, 0.25) is 0 Å². The number of benzene rings is 1. The minimum atomic E-state index is -0.0141. The van der Waals surface area contributed by atoms with Gasteiger partial charge in [-0.15, -0.1) is 0 Å². The molecule has 1 aliphatic rings. The number of hydrogen-bond acceptors (Lipinski definition) is 4. The van der Waals surface area contributed by atoms with Gasteiger partial charge in [-0.1, -0.05) is 0 Å². The van der Waals surface area contributed by atoms with E-state index >= 15 is 0 Å². The second-order valence-electron chi connectivity index (χ2n) is 4.71. The van der Waals surface area contributed by atoms with Crippen molar-refractivity contribution >= 4 is 15.9 Å². The summed E-state index contributed by atoms with van der Waals surface area (Å²) in [5.74, 6) is 1.94. The van der Waals surface area contributed by atoms with Gasteiger partial charge in [-0.3, -0.25) is 0 Å². The first-order valence-electron chi connectivity index (χ1n) is 6.42. The molecule has 0 aliphatic carbocycles. The van der Waals surface area contributed by atoms with Crippen LogP contribution in [0.15, 0.2) is 16.6 Å². The van der Waals surface area contributed by atoms with Crippen molar-refractivity contribution in [3.63, 3.8) is 0 Å². The molecule has 1 saturated heterocycles. The first-order chi connectivity index (χ1) is 9.17. The van der Waals surface area contributed by atoms with Crippen LogP contribution in [0.25, 0.3) is 0 Å². The predicted octanol–water partition coefficient (Wildman–Crippen LogP) is 2.89. The van der Waals surface area contributed by atoms with Crippen molar-refractivity contribution < 1.29 is 14.2 Å². The average molecular weight is 330 g/mol. The molecule has 0 aromatic heterocycles. The molecule has 0 radical (unpaired) electrons. The van der Waals surface area contributed by atoms with Crippen molar-refractivity contribution in [3.05, 3.63) is 22.2 Å². The summed E-state index contributed by atoms with van der Waals surface area (Å²) < 4.78 is 16.9. The van der Waals surface area contributed by atoms with Gasteiger partial charge in [0.1, 0.15) is 16.0 Å². The third kappa shape index (κ3) is 3.22. The van der Waals surface area contributed by atoms with E-state index in [1.165, 1.54) is 0 Å². The van der Waals surface area contributed by atoms with Crippen molar-refractivity contribution in [2.75, 3.05) is 27.4 Å². The summed E-state index contributed by atoms with van der Waals surface area (Å²) in [6, 6.07) is 3.94. The normalized spacial score (nSPS) is 18.1. The van der Waals surface area contributed by atoms with E-state index < -0.39 is 0 Å². The van der Waals surface area contributed by atoms with Crippen LogP contribution in [0.2, 0.25) is 0 Å². The van der Waals surface area contributed by atoms with Crippen LogP contribution in [0.5, 0.6) is 11.5 Å². The Morgan fingerprint density at radius 1 is 1.21 bits per heavy atom. The van der Waals surface area contributed by atoms with E-state index in [-0.39, 0.29) is 6.04 Å². The first-order valence-corrected chi connectivity index (χ1v) is 7.21. The molecular formula is C14H20BrNO3. The first kappa shape index (κ1) is 14.6. The number of nitrogens with two attached hydrogens (primary N) is 1. The highest BCUT2D eigenvalue weighted by molar-refractivity contribution is 9.10. The molecule has 1 aliphatic heterocycles. The van der Waals surface area contributed by atoms with Crippen LogP contribution >= 0.6 is 15.9 Å². The van der Waals surface area contributed by atoms with Gasteiger partial charge < -0.3 is 19.9 Å². The number of rotatable bonds is 4. The maximum absolute atomic E-state index is 6.39. The molecule has 2 N–H and O–H groups in total. The van der Waals surface area contributed by atoms with Gasteiger partial charge in [0.25, 0.3) is 0 Å². The van der Waals surface area contributed by atoms with Gasteiger partial charge in [-0.2, -0.15) is 0 Å². The van der Waals surface area contributed by atoms with Gasteiger partial charge in [0.15, 0.2) is 0 Å². The number of hydrogen-bond donors (Lipinski definition) is 1. The van der Waals surface area contributed by atoms with E-state index in [0.717, 1.165) is 47.6 Å². The lowest BCUT2D eigenvalue weighted by Gasteiger charge is -2.28. The lowest BCUT2D eigenvalue weighted by Crippen LogP contribution is -2.27. The Kier molecular flexibility index (Phi) is 5.07. The smallest absolute Gasteiger partial charge is 0.137 e. The molecule has 4 nitrogen and oxygen atoms in total. The van der Waals surface area contributed by atoms with Crippen molar-refractivity contribution in [1.29, 1.82) is 0 Å². The van der Waals surface area contributed by atoms with Gasteiger partial charge >= 0.3 is 0 Å². The van der Waals surface area contributed by atoms with Crippen molar-refractivity contribution in [3.8, 4) is 11.5 Å². The summed E-state index contributed by atoms with van der Waals surface area (Å²) in [5, 5.41) is 0. The zero-order chi connectivity index (χ0) is 13.8.